The summed E-state index contributed by atoms with van der Waals surface area (Å²) in [6, 6.07) is 6.96. The van der Waals surface area contributed by atoms with Gasteiger partial charge < -0.3 is 9.72 Å². The van der Waals surface area contributed by atoms with E-state index in [2.05, 4.69) is 9.72 Å². The van der Waals surface area contributed by atoms with Crippen LogP contribution < -0.4 is 0 Å². The minimum absolute atomic E-state index is 0.0563. The lowest BCUT2D eigenvalue weighted by Crippen LogP contribution is -2.00. The minimum atomic E-state index is -0.384. The van der Waals surface area contributed by atoms with Gasteiger partial charge in [0.15, 0.2) is 5.78 Å². The molecule has 17 heavy (non-hydrogen) atoms. The number of Topliss-reactive ketones (excluding diaryl/α,β-unsaturated/α-hetero) is 1. The Bertz CT molecular complexity index is 569. The molecule has 0 saturated heterocycles. The second-order valence-corrected chi connectivity index (χ2v) is 3.75. The molecule has 0 aliphatic rings. The number of methoxy groups -OCH3 is 1. The van der Waals surface area contributed by atoms with E-state index in [1.54, 1.807) is 24.3 Å². The van der Waals surface area contributed by atoms with Crippen molar-refractivity contribution >= 4 is 22.7 Å². The monoisotopic (exact) mass is 231 g/mol. The average Bonchev–Trinajstić information content (AvgIpc) is 2.79. The molecule has 1 aromatic heterocycles. The van der Waals surface area contributed by atoms with E-state index in [1.165, 1.54) is 7.11 Å². The number of ketones is 1. The number of aromatic nitrogens is 1. The predicted octanol–water partition coefficient (Wildman–Crippen LogP) is 2.55. The molecule has 88 valence electrons. The molecule has 0 saturated carbocycles. The first-order chi connectivity index (χ1) is 8.15. The first-order valence-corrected chi connectivity index (χ1v) is 5.40. The highest BCUT2D eigenvalue weighted by atomic mass is 16.5. The topological polar surface area (TPSA) is 59.2 Å². The number of carbonyl (C=O) groups is 2. The number of esters is 1. The van der Waals surface area contributed by atoms with Crippen LogP contribution in [0.5, 0.6) is 0 Å². The zero-order chi connectivity index (χ0) is 12.4. The van der Waals surface area contributed by atoms with Gasteiger partial charge in [-0.3, -0.25) is 4.79 Å². The van der Waals surface area contributed by atoms with E-state index in [1.807, 2.05) is 6.92 Å². The lowest BCUT2D eigenvalue weighted by atomic mass is 10.1. The Kier molecular flexibility index (Phi) is 2.95. The summed E-state index contributed by atoms with van der Waals surface area (Å²) in [5, 5.41) is 0.912. The van der Waals surface area contributed by atoms with Gasteiger partial charge >= 0.3 is 5.97 Å². The van der Waals surface area contributed by atoms with Gasteiger partial charge in [-0.25, -0.2) is 4.79 Å². The number of hydrogen-bond acceptors (Lipinski definition) is 3. The molecule has 2 aromatic rings. The Labute approximate surface area is 98.6 Å². The van der Waals surface area contributed by atoms with Crippen molar-refractivity contribution in [3.63, 3.8) is 0 Å². The number of benzene rings is 1. The predicted molar refractivity (Wildman–Crippen MR) is 64.3 cm³/mol. The molecular formula is C13H13NO3. The second-order valence-electron chi connectivity index (χ2n) is 3.75. The summed E-state index contributed by atoms with van der Waals surface area (Å²) in [6.45, 7) is 1.81. The molecule has 0 aliphatic carbocycles. The smallest absolute Gasteiger partial charge is 0.337 e. The fourth-order valence-electron chi connectivity index (χ4n) is 1.71. The van der Waals surface area contributed by atoms with Crippen LogP contribution in [0, 0.1) is 0 Å². The van der Waals surface area contributed by atoms with Crippen LogP contribution in [-0.2, 0) is 4.74 Å². The molecule has 1 N–H and O–H groups in total. The van der Waals surface area contributed by atoms with Crippen LogP contribution in [0.2, 0.25) is 0 Å². The van der Waals surface area contributed by atoms with E-state index >= 15 is 0 Å². The van der Waals surface area contributed by atoms with Gasteiger partial charge in [0.05, 0.1) is 18.4 Å². The zero-order valence-electron chi connectivity index (χ0n) is 9.74. The van der Waals surface area contributed by atoms with Gasteiger partial charge in [0.1, 0.15) is 0 Å². The molecule has 0 unspecified atom stereocenters. The highest BCUT2D eigenvalue weighted by molar-refractivity contribution is 6.01. The normalized spacial score (nSPS) is 10.5. The van der Waals surface area contributed by atoms with Crippen LogP contribution in [0.3, 0.4) is 0 Å². The van der Waals surface area contributed by atoms with Crippen molar-refractivity contribution in [3.8, 4) is 0 Å². The Balaban J connectivity index is 2.48. The summed E-state index contributed by atoms with van der Waals surface area (Å²) in [6.07, 6.45) is 0.455. The number of aromatic amines is 1. The van der Waals surface area contributed by atoms with Crippen LogP contribution in [0.15, 0.2) is 24.3 Å². The van der Waals surface area contributed by atoms with Crippen molar-refractivity contribution in [1.82, 2.24) is 4.98 Å². The van der Waals surface area contributed by atoms with Crippen molar-refractivity contribution in [1.29, 1.82) is 0 Å². The fraction of sp³-hybridized carbons (Fsp3) is 0.231. The fourth-order valence-corrected chi connectivity index (χ4v) is 1.71. The van der Waals surface area contributed by atoms with Crippen LogP contribution in [0.25, 0.3) is 10.9 Å². The standard InChI is InChI=1S/C13H13NO3/c1-3-12(15)11-6-8-4-5-9(13(16)17-2)7-10(8)14-11/h4-7,14H,3H2,1-2H3. The SMILES string of the molecule is CCC(=O)c1cc2ccc(C(=O)OC)cc2[nH]1. The maximum atomic E-state index is 11.5. The Hall–Kier alpha value is -2.10. The molecule has 0 aliphatic heterocycles. The van der Waals surface area contributed by atoms with Crippen molar-refractivity contribution in [3.05, 3.63) is 35.5 Å². The largest absolute Gasteiger partial charge is 0.465 e. The lowest BCUT2D eigenvalue weighted by molar-refractivity contribution is 0.0601. The molecule has 0 atom stereocenters. The Morgan fingerprint density at radius 1 is 1.29 bits per heavy atom. The summed E-state index contributed by atoms with van der Waals surface area (Å²) in [5.41, 5.74) is 1.81. The first-order valence-electron chi connectivity index (χ1n) is 5.40. The van der Waals surface area contributed by atoms with Crippen LogP contribution in [0.1, 0.15) is 34.2 Å². The molecule has 0 radical (unpaired) electrons. The Morgan fingerprint density at radius 2 is 2.06 bits per heavy atom. The molecular weight excluding hydrogens is 218 g/mol. The summed E-state index contributed by atoms with van der Waals surface area (Å²) in [5.74, 6) is -0.328. The van der Waals surface area contributed by atoms with Crippen LogP contribution >= 0.6 is 0 Å². The van der Waals surface area contributed by atoms with Crippen LogP contribution in [0.4, 0.5) is 0 Å². The lowest BCUT2D eigenvalue weighted by Gasteiger charge is -1.98. The number of fused-ring (bicyclic) bond motifs is 1. The number of rotatable bonds is 3. The van der Waals surface area contributed by atoms with E-state index in [9.17, 15) is 9.59 Å². The maximum absolute atomic E-state index is 11.5. The maximum Gasteiger partial charge on any atom is 0.337 e. The van der Waals surface area contributed by atoms with E-state index in [4.69, 9.17) is 0 Å². The first kappa shape index (κ1) is 11.4. The molecule has 0 amide bonds. The molecule has 1 heterocycles. The molecule has 4 nitrogen and oxygen atoms in total. The van der Waals surface area contributed by atoms with Gasteiger partial charge in [0.2, 0.25) is 0 Å². The third-order valence-electron chi connectivity index (χ3n) is 2.67. The van der Waals surface area contributed by atoms with Gasteiger partial charge in [-0.2, -0.15) is 0 Å². The number of carbonyl (C=O) groups excluding carboxylic acids is 2. The molecule has 1 aromatic carbocycles. The van der Waals surface area contributed by atoms with E-state index in [0.29, 0.717) is 17.7 Å². The van der Waals surface area contributed by atoms with Crippen molar-refractivity contribution in [2.24, 2.45) is 0 Å². The molecule has 2 rings (SSSR count). The van der Waals surface area contributed by atoms with Gasteiger partial charge in [-0.15, -0.1) is 0 Å². The number of nitrogens with one attached hydrogen (secondary N) is 1. The summed E-state index contributed by atoms with van der Waals surface area (Å²) >= 11 is 0. The van der Waals surface area contributed by atoms with E-state index in [-0.39, 0.29) is 11.8 Å². The molecule has 0 bridgehead atoms. The average molecular weight is 231 g/mol. The van der Waals surface area contributed by atoms with E-state index < -0.39 is 0 Å². The number of H-pyrrole nitrogens is 1. The molecule has 0 fully saturated rings. The summed E-state index contributed by atoms with van der Waals surface area (Å²) in [4.78, 5) is 25.9. The van der Waals surface area contributed by atoms with E-state index in [0.717, 1.165) is 10.9 Å². The number of ether oxygens (including phenoxy) is 1. The Morgan fingerprint density at radius 3 is 2.71 bits per heavy atom. The highest BCUT2D eigenvalue weighted by Crippen LogP contribution is 2.18. The van der Waals surface area contributed by atoms with Crippen molar-refractivity contribution in [2.45, 2.75) is 13.3 Å². The van der Waals surface area contributed by atoms with Gasteiger partial charge in [0, 0.05) is 17.3 Å². The van der Waals surface area contributed by atoms with Gasteiger partial charge in [-0.05, 0) is 18.2 Å². The quantitative estimate of drug-likeness (QED) is 0.652. The minimum Gasteiger partial charge on any atom is -0.465 e. The second kappa shape index (κ2) is 4.41. The number of hydrogen-bond donors (Lipinski definition) is 1. The van der Waals surface area contributed by atoms with Gasteiger partial charge in [-0.1, -0.05) is 13.0 Å². The summed E-state index contributed by atoms with van der Waals surface area (Å²) in [7, 11) is 1.34. The third kappa shape index (κ3) is 2.06. The van der Waals surface area contributed by atoms with Gasteiger partial charge in [0.25, 0.3) is 0 Å². The highest BCUT2D eigenvalue weighted by Gasteiger charge is 2.10. The van der Waals surface area contributed by atoms with Crippen molar-refractivity contribution in [2.75, 3.05) is 7.11 Å². The summed E-state index contributed by atoms with van der Waals surface area (Å²) < 4.78 is 4.64. The van der Waals surface area contributed by atoms with Crippen LogP contribution in [-0.4, -0.2) is 23.8 Å². The molecule has 4 heteroatoms. The third-order valence-corrected chi connectivity index (χ3v) is 2.67. The molecule has 0 spiro atoms. The van der Waals surface area contributed by atoms with Crippen molar-refractivity contribution < 1.29 is 14.3 Å². The zero-order valence-corrected chi connectivity index (χ0v) is 9.74.